The molecular formula is C51H68O5. The first kappa shape index (κ1) is 41.9. The molecule has 6 unspecified atom stereocenters. The van der Waals surface area contributed by atoms with Gasteiger partial charge >= 0.3 is 0 Å². The molecule has 56 heavy (non-hydrogen) atoms. The van der Waals surface area contributed by atoms with E-state index in [1.165, 1.54) is 22.3 Å². The van der Waals surface area contributed by atoms with E-state index in [0.29, 0.717) is 37.4 Å². The number of ketones is 3. The van der Waals surface area contributed by atoms with Gasteiger partial charge in [-0.2, -0.15) is 0 Å². The fourth-order valence-corrected chi connectivity index (χ4v) is 10.2. The Bertz CT molecular complexity index is 1910. The summed E-state index contributed by atoms with van der Waals surface area (Å²) in [6.45, 7) is 25.1. The Morgan fingerprint density at radius 3 is 2.25 bits per heavy atom. The zero-order chi connectivity index (χ0) is 40.5. The number of carbonyl (C=O) groups excluding carboxylic acids is 3. The van der Waals surface area contributed by atoms with Crippen LogP contribution in [0, 0.1) is 40.4 Å². The molecule has 3 saturated carbocycles. The maximum Gasteiger partial charge on any atom is 0.140 e. The number of hydrogen-bond acceptors (Lipinski definition) is 5. The monoisotopic (exact) mass is 761 g/mol. The smallest absolute Gasteiger partial charge is 0.140 e. The van der Waals surface area contributed by atoms with E-state index in [0.717, 1.165) is 73.5 Å². The number of benzene rings is 2. The SMILES string of the molecule is C=CC1CC1(CC(=O)C1CC(Oc2cc(C3=CCC(CC(C)C)=C3)cc3cc(CC)c(CC)cc23)CC1C(=O)C(CC(=C)OC1CCCC1)C(C)(C)C)C(C)=O. The van der Waals surface area contributed by atoms with Gasteiger partial charge in [-0.25, -0.2) is 0 Å². The Labute approximate surface area is 337 Å². The lowest BCUT2D eigenvalue weighted by molar-refractivity contribution is -0.137. The second-order valence-electron chi connectivity index (χ2n) is 19.2. The molecule has 2 aromatic carbocycles. The average Bonchev–Trinajstić information content (AvgIpc) is 3.55. The Morgan fingerprint density at radius 2 is 1.64 bits per heavy atom. The van der Waals surface area contributed by atoms with Gasteiger partial charge < -0.3 is 9.47 Å². The van der Waals surface area contributed by atoms with Crippen LogP contribution >= 0.6 is 0 Å². The molecule has 0 N–H and O–H groups in total. The first-order valence-corrected chi connectivity index (χ1v) is 21.8. The number of hydrogen-bond donors (Lipinski definition) is 0. The largest absolute Gasteiger partial charge is 0.495 e. The summed E-state index contributed by atoms with van der Waals surface area (Å²) in [5.74, 6) is 0.767. The van der Waals surface area contributed by atoms with E-state index in [9.17, 15) is 9.59 Å². The van der Waals surface area contributed by atoms with Crippen LogP contribution in [-0.2, 0) is 32.0 Å². The lowest BCUT2D eigenvalue weighted by atomic mass is 9.70. The van der Waals surface area contributed by atoms with Crippen molar-refractivity contribution in [2.45, 2.75) is 151 Å². The second-order valence-corrected chi connectivity index (χ2v) is 19.2. The van der Waals surface area contributed by atoms with Gasteiger partial charge in [0.05, 0.1) is 11.9 Å². The highest BCUT2D eigenvalue weighted by Crippen LogP contribution is 2.58. The van der Waals surface area contributed by atoms with Crippen molar-refractivity contribution in [3.05, 3.63) is 83.7 Å². The summed E-state index contributed by atoms with van der Waals surface area (Å²) in [5, 5.41) is 2.22. The topological polar surface area (TPSA) is 69.7 Å². The molecule has 0 bridgehead atoms. The molecule has 3 fully saturated rings. The Balaban J connectivity index is 1.35. The summed E-state index contributed by atoms with van der Waals surface area (Å²) in [5.41, 5.74) is 5.40. The van der Waals surface area contributed by atoms with Crippen LogP contribution in [0.25, 0.3) is 16.3 Å². The number of fused-ring (bicyclic) bond motifs is 1. The van der Waals surface area contributed by atoms with Gasteiger partial charge in [0.25, 0.3) is 0 Å². The van der Waals surface area contributed by atoms with Gasteiger partial charge in [0.2, 0.25) is 0 Å². The molecule has 0 radical (unpaired) electrons. The molecule has 0 saturated heterocycles. The molecule has 5 nitrogen and oxygen atoms in total. The number of ether oxygens (including phenoxy) is 2. The molecule has 0 aliphatic heterocycles. The van der Waals surface area contributed by atoms with E-state index in [2.05, 4.69) is 98.0 Å². The normalized spacial score (nSPS) is 25.6. The lowest BCUT2D eigenvalue weighted by Gasteiger charge is -2.34. The van der Waals surface area contributed by atoms with Crippen LogP contribution in [0.3, 0.4) is 0 Å². The summed E-state index contributed by atoms with van der Waals surface area (Å²) < 4.78 is 13.4. The van der Waals surface area contributed by atoms with Crippen molar-refractivity contribution in [2.75, 3.05) is 0 Å². The van der Waals surface area contributed by atoms with Crippen LogP contribution in [0.1, 0.15) is 143 Å². The van der Waals surface area contributed by atoms with Gasteiger partial charge in [0.1, 0.15) is 29.2 Å². The summed E-state index contributed by atoms with van der Waals surface area (Å²) in [6, 6.07) is 9.11. The molecule has 0 heterocycles. The summed E-state index contributed by atoms with van der Waals surface area (Å²) in [7, 11) is 0. The predicted octanol–water partition coefficient (Wildman–Crippen LogP) is 12.3. The number of aryl methyl sites for hydroxylation is 2. The standard InChI is InChI=1S/C51H68O5/c1-11-35-23-39-24-38(37-19-18-34(22-37)20-31(4)5)26-48(43(39)25-36(35)12-2)56-42-27-44(47(53)30-51(33(7)52)29-40(51)13-3)45(28-42)49(54)46(50(8,9)10)21-32(6)55-41-16-14-15-17-41/h13,19,22-26,31,40-42,44-46H,3,6,11-12,14-18,20-21,27-30H2,1-2,4-5,7-10H3. The minimum absolute atomic E-state index is 0.000177. The fourth-order valence-electron chi connectivity index (χ4n) is 10.2. The van der Waals surface area contributed by atoms with Crippen LogP contribution < -0.4 is 4.74 Å². The van der Waals surface area contributed by atoms with Crippen LogP contribution in [0.4, 0.5) is 0 Å². The number of carbonyl (C=O) groups is 3. The molecule has 0 spiro atoms. The van der Waals surface area contributed by atoms with Gasteiger partial charge in [0, 0.05) is 41.4 Å². The third-order valence-electron chi connectivity index (χ3n) is 13.6. The first-order chi connectivity index (χ1) is 26.6. The van der Waals surface area contributed by atoms with Crippen LogP contribution in [0.15, 0.2) is 67.0 Å². The van der Waals surface area contributed by atoms with E-state index in [4.69, 9.17) is 9.47 Å². The van der Waals surface area contributed by atoms with Gasteiger partial charge in [-0.05, 0) is 141 Å². The van der Waals surface area contributed by atoms with Crippen molar-refractivity contribution in [2.24, 2.45) is 40.4 Å². The van der Waals surface area contributed by atoms with Gasteiger partial charge in [0.15, 0.2) is 0 Å². The van der Waals surface area contributed by atoms with Crippen molar-refractivity contribution in [3.8, 4) is 5.75 Å². The minimum atomic E-state index is -0.701. The quantitative estimate of drug-likeness (QED) is 0.112. The summed E-state index contributed by atoms with van der Waals surface area (Å²) in [4.78, 5) is 42.6. The van der Waals surface area contributed by atoms with E-state index < -0.39 is 17.3 Å². The Morgan fingerprint density at radius 1 is 0.964 bits per heavy atom. The first-order valence-electron chi connectivity index (χ1n) is 21.8. The van der Waals surface area contributed by atoms with Crippen molar-refractivity contribution >= 4 is 33.7 Å². The van der Waals surface area contributed by atoms with Gasteiger partial charge in [-0.1, -0.05) is 84.9 Å². The van der Waals surface area contributed by atoms with E-state index in [1.807, 2.05) is 6.08 Å². The van der Waals surface area contributed by atoms with Crippen LogP contribution in [0.5, 0.6) is 5.75 Å². The van der Waals surface area contributed by atoms with Crippen molar-refractivity contribution < 1.29 is 23.9 Å². The van der Waals surface area contributed by atoms with E-state index in [-0.39, 0.29) is 53.2 Å². The molecule has 6 atom stereocenters. The third-order valence-corrected chi connectivity index (χ3v) is 13.6. The molecule has 2 aromatic rings. The number of rotatable bonds is 18. The van der Waals surface area contributed by atoms with Gasteiger partial charge in [-0.15, -0.1) is 6.58 Å². The highest BCUT2D eigenvalue weighted by molar-refractivity contribution is 5.97. The van der Waals surface area contributed by atoms with Crippen molar-refractivity contribution in [1.29, 1.82) is 0 Å². The summed E-state index contributed by atoms with van der Waals surface area (Å²) >= 11 is 0. The maximum absolute atomic E-state index is 15.0. The van der Waals surface area contributed by atoms with E-state index >= 15 is 4.79 Å². The Hall–Kier alpha value is -3.73. The van der Waals surface area contributed by atoms with Crippen molar-refractivity contribution in [1.82, 2.24) is 0 Å². The molecule has 4 aliphatic carbocycles. The zero-order valence-electron chi connectivity index (χ0n) is 35.7. The lowest BCUT2D eigenvalue weighted by Crippen LogP contribution is -2.38. The highest BCUT2D eigenvalue weighted by Gasteiger charge is 2.59. The zero-order valence-corrected chi connectivity index (χ0v) is 35.7. The predicted molar refractivity (Wildman–Crippen MR) is 230 cm³/mol. The highest BCUT2D eigenvalue weighted by atomic mass is 16.5. The number of Topliss-reactive ketones (excluding diaryl/α,β-unsaturated/α-hetero) is 3. The van der Waals surface area contributed by atoms with E-state index in [1.54, 1.807) is 6.92 Å². The molecule has 0 aromatic heterocycles. The molecule has 4 aliphatic rings. The maximum atomic E-state index is 15.0. The second kappa shape index (κ2) is 17.0. The third kappa shape index (κ3) is 9.03. The molecule has 5 heteroatoms. The number of allylic oxidation sites excluding steroid dienone is 6. The van der Waals surface area contributed by atoms with Gasteiger partial charge in [-0.3, -0.25) is 14.4 Å². The van der Waals surface area contributed by atoms with Crippen LogP contribution in [-0.4, -0.2) is 29.6 Å². The average molecular weight is 761 g/mol. The molecule has 6 rings (SSSR count). The molecule has 0 amide bonds. The molecular weight excluding hydrogens is 693 g/mol. The van der Waals surface area contributed by atoms with Crippen LogP contribution in [0.2, 0.25) is 0 Å². The van der Waals surface area contributed by atoms with Crippen molar-refractivity contribution in [3.63, 3.8) is 0 Å². The Kier molecular flexibility index (Phi) is 12.7. The summed E-state index contributed by atoms with van der Waals surface area (Å²) in [6.07, 6.45) is 16.8. The molecule has 302 valence electrons. The fraction of sp³-hybridized carbons (Fsp3) is 0.588. The minimum Gasteiger partial charge on any atom is -0.495 e.